The summed E-state index contributed by atoms with van der Waals surface area (Å²) in [4.78, 5) is 14.7. The van der Waals surface area contributed by atoms with Crippen LogP contribution in [-0.2, 0) is 13.6 Å². The minimum absolute atomic E-state index is 0.0199. The smallest absolute Gasteiger partial charge is 0.339 e. The van der Waals surface area contributed by atoms with Crippen LogP contribution in [0.15, 0.2) is 85.2 Å². The van der Waals surface area contributed by atoms with Crippen LogP contribution in [0.1, 0.15) is 70.5 Å². The normalized spacial score (nSPS) is 19.8. The summed E-state index contributed by atoms with van der Waals surface area (Å²) in [5, 5.41) is 22.9. The fourth-order valence-corrected chi connectivity index (χ4v) is 6.53. The Kier molecular flexibility index (Phi) is 7.02. The first-order valence-electron chi connectivity index (χ1n) is 14.8. The number of fused-ring (bicyclic) bond motifs is 1. The van der Waals surface area contributed by atoms with Gasteiger partial charge in [-0.05, 0) is 53.8 Å². The number of carboxylic acids is 1. The number of rotatable bonds is 8. The van der Waals surface area contributed by atoms with Crippen LogP contribution in [-0.4, -0.2) is 53.9 Å². The highest BCUT2D eigenvalue weighted by molar-refractivity contribution is 5.89. The molecule has 1 aliphatic heterocycles. The molecule has 1 N–H and O–H groups in total. The van der Waals surface area contributed by atoms with Crippen LogP contribution in [0, 0.1) is 0 Å². The van der Waals surface area contributed by atoms with Gasteiger partial charge in [0.25, 0.3) is 0 Å². The first-order valence-corrected chi connectivity index (χ1v) is 14.8. The first kappa shape index (κ1) is 27.1. The second kappa shape index (κ2) is 11.1. The van der Waals surface area contributed by atoms with Crippen molar-refractivity contribution in [1.82, 2.24) is 29.7 Å². The van der Waals surface area contributed by atoms with E-state index in [2.05, 4.69) is 81.8 Å². The van der Waals surface area contributed by atoms with Crippen LogP contribution >= 0.6 is 0 Å². The highest BCUT2D eigenvalue weighted by atomic mass is 16.5. The number of benzene rings is 3. The minimum Gasteiger partial charge on any atom is -0.492 e. The molecule has 5 aromatic rings. The van der Waals surface area contributed by atoms with Gasteiger partial charge in [0.1, 0.15) is 17.9 Å². The Labute approximate surface area is 250 Å². The summed E-state index contributed by atoms with van der Waals surface area (Å²) in [6, 6.07) is 25.5. The zero-order chi connectivity index (χ0) is 29.5. The Morgan fingerprint density at radius 2 is 1.84 bits per heavy atom. The monoisotopic (exact) mass is 574 g/mol. The average Bonchev–Trinajstić information content (AvgIpc) is 3.53. The van der Waals surface area contributed by atoms with Gasteiger partial charge in [0.15, 0.2) is 0 Å². The van der Waals surface area contributed by atoms with Crippen LogP contribution in [0.3, 0.4) is 0 Å². The van der Waals surface area contributed by atoms with Crippen molar-refractivity contribution >= 4 is 5.97 Å². The summed E-state index contributed by atoms with van der Waals surface area (Å²) < 4.78 is 9.55. The van der Waals surface area contributed by atoms with Gasteiger partial charge in [-0.1, -0.05) is 60.7 Å². The lowest BCUT2D eigenvalue weighted by Crippen LogP contribution is -2.29. The molecule has 0 saturated heterocycles. The molecule has 1 aliphatic carbocycles. The molecule has 2 aromatic heterocycles. The molecule has 3 heterocycles. The third-order valence-electron chi connectivity index (χ3n) is 8.66. The molecule has 1 saturated carbocycles. The van der Waals surface area contributed by atoms with E-state index in [1.807, 2.05) is 31.4 Å². The number of aromatic nitrogens is 5. The van der Waals surface area contributed by atoms with Crippen LogP contribution in [0.2, 0.25) is 0 Å². The molecule has 9 heteroatoms. The quantitative estimate of drug-likeness (QED) is 0.243. The molecule has 218 valence electrons. The summed E-state index contributed by atoms with van der Waals surface area (Å²) in [5.41, 5.74) is 7.30. The highest BCUT2D eigenvalue weighted by Crippen LogP contribution is 2.55. The van der Waals surface area contributed by atoms with Gasteiger partial charge >= 0.3 is 5.97 Å². The molecule has 1 fully saturated rings. The second-order valence-corrected chi connectivity index (χ2v) is 11.5. The van der Waals surface area contributed by atoms with Crippen molar-refractivity contribution in [2.24, 2.45) is 7.05 Å². The standard InChI is InChI=1S/C34H34N6O3/c1-3-31-26-12-4-5-13-32(26)43-15-14-39(31)20-22-8-6-9-23(16-22)24-10-7-11-25(17-24)40-33(29(19-35-40)34(41)42)28-18-27(28)30-21-38(2)37-36-30/h4-13,16-17,19,21,27-28,31H,3,14-15,18,20H2,1-2H3,(H,41,42)/t27-,28-,31?/m0/s1. The fourth-order valence-electron chi connectivity index (χ4n) is 6.53. The molecule has 7 rings (SSSR count). The van der Waals surface area contributed by atoms with Gasteiger partial charge in [0, 0.05) is 49.8 Å². The molecule has 2 aliphatic rings. The molecule has 9 nitrogen and oxygen atoms in total. The number of carbonyl (C=O) groups is 1. The van der Waals surface area contributed by atoms with Gasteiger partial charge in [-0.2, -0.15) is 5.10 Å². The second-order valence-electron chi connectivity index (χ2n) is 11.5. The summed E-state index contributed by atoms with van der Waals surface area (Å²) in [6.07, 6.45) is 5.19. The highest BCUT2D eigenvalue weighted by Gasteiger charge is 2.46. The topological polar surface area (TPSA) is 98.3 Å². The van der Waals surface area contributed by atoms with Crippen LogP contribution in [0.5, 0.6) is 5.75 Å². The average molecular weight is 575 g/mol. The van der Waals surface area contributed by atoms with E-state index in [0.29, 0.717) is 18.3 Å². The molecule has 43 heavy (non-hydrogen) atoms. The molecule has 3 atom stereocenters. The summed E-state index contributed by atoms with van der Waals surface area (Å²) in [6.45, 7) is 4.58. The van der Waals surface area contributed by atoms with E-state index in [-0.39, 0.29) is 17.4 Å². The van der Waals surface area contributed by atoms with Gasteiger partial charge in [-0.25, -0.2) is 9.48 Å². The maximum atomic E-state index is 12.2. The molecule has 0 radical (unpaired) electrons. The molecule has 3 aromatic carbocycles. The number of aromatic carboxylic acids is 1. The SMILES string of the molecule is CCC1c2ccccc2OCCN1Cc1cccc(-c2cccc(-n3ncc(C(=O)O)c3[C@H]3C[C@@H]3c3cn(C)nn3)c2)c1. The Morgan fingerprint density at radius 1 is 1.02 bits per heavy atom. The van der Waals surface area contributed by atoms with Crippen LogP contribution < -0.4 is 4.74 Å². The number of carboxylic acid groups (broad SMARTS) is 1. The van der Waals surface area contributed by atoms with Crippen molar-refractivity contribution in [2.45, 2.75) is 44.2 Å². The summed E-state index contributed by atoms with van der Waals surface area (Å²) in [5.74, 6) is 0.166. The lowest BCUT2D eigenvalue weighted by molar-refractivity contribution is 0.0695. The number of para-hydroxylation sites is 1. The predicted molar refractivity (Wildman–Crippen MR) is 162 cm³/mol. The van der Waals surface area contributed by atoms with E-state index < -0.39 is 5.97 Å². The van der Waals surface area contributed by atoms with E-state index in [1.54, 1.807) is 9.36 Å². The van der Waals surface area contributed by atoms with Gasteiger partial charge in [0.2, 0.25) is 0 Å². The molecule has 0 amide bonds. The first-order chi connectivity index (χ1) is 21.0. The summed E-state index contributed by atoms with van der Waals surface area (Å²) >= 11 is 0. The Morgan fingerprint density at radius 3 is 2.63 bits per heavy atom. The van der Waals surface area contributed by atoms with E-state index >= 15 is 0 Å². The third-order valence-corrected chi connectivity index (χ3v) is 8.66. The largest absolute Gasteiger partial charge is 0.492 e. The van der Waals surface area contributed by atoms with Crippen molar-refractivity contribution in [3.05, 3.63) is 113 Å². The molecule has 1 unspecified atom stereocenters. The van der Waals surface area contributed by atoms with Gasteiger partial charge in [-0.3, -0.25) is 9.58 Å². The number of nitrogens with zero attached hydrogens (tertiary/aromatic N) is 6. The van der Waals surface area contributed by atoms with E-state index in [0.717, 1.165) is 54.2 Å². The van der Waals surface area contributed by atoms with Gasteiger partial charge in [-0.15, -0.1) is 5.10 Å². The predicted octanol–water partition coefficient (Wildman–Crippen LogP) is 5.98. The van der Waals surface area contributed by atoms with Gasteiger partial charge in [0.05, 0.1) is 23.3 Å². The third kappa shape index (κ3) is 5.21. The number of hydrogen-bond acceptors (Lipinski definition) is 6. The van der Waals surface area contributed by atoms with E-state index in [9.17, 15) is 9.90 Å². The van der Waals surface area contributed by atoms with Crippen molar-refractivity contribution in [3.63, 3.8) is 0 Å². The molecular formula is C34H34N6O3. The number of aryl methyl sites for hydroxylation is 1. The van der Waals surface area contributed by atoms with Crippen LogP contribution in [0.25, 0.3) is 16.8 Å². The zero-order valence-corrected chi connectivity index (χ0v) is 24.3. The van der Waals surface area contributed by atoms with Crippen molar-refractivity contribution < 1.29 is 14.6 Å². The summed E-state index contributed by atoms with van der Waals surface area (Å²) in [7, 11) is 1.84. The number of hydrogen-bond donors (Lipinski definition) is 1. The Bertz CT molecular complexity index is 1790. The van der Waals surface area contributed by atoms with E-state index in [4.69, 9.17) is 4.74 Å². The van der Waals surface area contributed by atoms with Gasteiger partial charge < -0.3 is 9.84 Å². The number of ether oxygens (including phenoxy) is 1. The maximum absolute atomic E-state index is 12.2. The minimum atomic E-state index is -0.971. The van der Waals surface area contributed by atoms with Crippen molar-refractivity contribution in [2.75, 3.05) is 13.2 Å². The lowest BCUT2D eigenvalue weighted by Gasteiger charge is -2.29. The maximum Gasteiger partial charge on any atom is 0.339 e. The van der Waals surface area contributed by atoms with Crippen LogP contribution in [0.4, 0.5) is 0 Å². The Hall–Kier alpha value is -4.76. The zero-order valence-electron chi connectivity index (χ0n) is 24.3. The van der Waals surface area contributed by atoms with E-state index in [1.165, 1.54) is 17.3 Å². The Balaban J connectivity index is 1.17. The molecular weight excluding hydrogens is 540 g/mol. The van der Waals surface area contributed by atoms with Crippen molar-refractivity contribution in [3.8, 4) is 22.6 Å². The lowest BCUT2D eigenvalue weighted by atomic mass is 9.99. The van der Waals surface area contributed by atoms with Crippen molar-refractivity contribution in [1.29, 1.82) is 0 Å². The molecule has 0 bridgehead atoms. The molecule has 0 spiro atoms. The fraction of sp³-hybridized carbons (Fsp3) is 0.294.